The molecule has 0 aliphatic rings. The Morgan fingerprint density at radius 1 is 1.56 bits per heavy atom. The summed E-state index contributed by atoms with van der Waals surface area (Å²) in [6.07, 6.45) is 3.69. The number of hydrogen-bond donors (Lipinski definition) is 1. The van der Waals surface area contributed by atoms with Crippen LogP contribution in [0.1, 0.15) is 48.4 Å². The zero-order chi connectivity index (χ0) is 12.0. The van der Waals surface area contributed by atoms with Gasteiger partial charge in [0.15, 0.2) is 6.29 Å². The molecule has 0 bridgehead atoms. The average molecular weight is 222 g/mol. The minimum Gasteiger partial charge on any atom is -0.495 e. The average Bonchev–Trinajstić information content (AvgIpc) is 2.35. The molecular weight excluding hydrogens is 204 g/mol. The van der Waals surface area contributed by atoms with Gasteiger partial charge in [-0.3, -0.25) is 4.79 Å². The van der Waals surface area contributed by atoms with Crippen LogP contribution in [0.5, 0.6) is 5.75 Å². The van der Waals surface area contributed by atoms with Gasteiger partial charge in [-0.25, -0.2) is 4.98 Å². The quantitative estimate of drug-likeness (QED) is 0.748. The second-order valence-corrected chi connectivity index (χ2v) is 3.69. The van der Waals surface area contributed by atoms with E-state index in [0.717, 1.165) is 25.5 Å². The first-order valence-corrected chi connectivity index (χ1v) is 5.48. The van der Waals surface area contributed by atoms with E-state index in [1.165, 1.54) is 0 Å². The molecule has 0 amide bonds. The van der Waals surface area contributed by atoms with Crippen molar-refractivity contribution < 1.29 is 9.53 Å². The van der Waals surface area contributed by atoms with Crippen LogP contribution in [0.2, 0.25) is 0 Å². The van der Waals surface area contributed by atoms with Crippen molar-refractivity contribution in [1.82, 2.24) is 4.98 Å². The third-order valence-corrected chi connectivity index (χ3v) is 2.47. The number of rotatable bonds is 6. The highest BCUT2D eigenvalue weighted by molar-refractivity contribution is 5.72. The molecule has 0 spiro atoms. The molecule has 1 heterocycles. The number of aromatic nitrogens is 1. The van der Waals surface area contributed by atoms with E-state index in [4.69, 9.17) is 10.5 Å². The van der Waals surface area contributed by atoms with Gasteiger partial charge in [0, 0.05) is 0 Å². The van der Waals surface area contributed by atoms with E-state index in [-0.39, 0.29) is 6.04 Å². The number of methoxy groups -OCH3 is 1. The number of pyridine rings is 1. The van der Waals surface area contributed by atoms with Crippen LogP contribution in [0.4, 0.5) is 0 Å². The molecule has 0 saturated carbocycles. The third kappa shape index (κ3) is 3.03. The Morgan fingerprint density at radius 2 is 2.31 bits per heavy atom. The fraction of sp³-hybridized carbons (Fsp3) is 0.500. The zero-order valence-electron chi connectivity index (χ0n) is 9.77. The molecule has 0 saturated heterocycles. The van der Waals surface area contributed by atoms with Gasteiger partial charge in [0.1, 0.15) is 11.4 Å². The van der Waals surface area contributed by atoms with Gasteiger partial charge >= 0.3 is 0 Å². The van der Waals surface area contributed by atoms with Gasteiger partial charge in [-0.2, -0.15) is 0 Å². The highest BCUT2D eigenvalue weighted by atomic mass is 16.5. The van der Waals surface area contributed by atoms with E-state index < -0.39 is 0 Å². The van der Waals surface area contributed by atoms with Crippen molar-refractivity contribution in [2.24, 2.45) is 5.73 Å². The van der Waals surface area contributed by atoms with Gasteiger partial charge in [-0.1, -0.05) is 19.8 Å². The lowest BCUT2D eigenvalue weighted by Crippen LogP contribution is -2.14. The SMILES string of the molecule is CCCCC(N)c1nc(C=O)ccc1OC. The number of aldehydes is 1. The summed E-state index contributed by atoms with van der Waals surface area (Å²) in [6, 6.07) is 3.19. The van der Waals surface area contributed by atoms with Gasteiger partial charge in [-0.05, 0) is 18.6 Å². The summed E-state index contributed by atoms with van der Waals surface area (Å²) in [5.41, 5.74) is 7.08. The standard InChI is InChI=1S/C12H18N2O2/c1-3-4-5-10(13)12-11(16-2)7-6-9(8-15)14-12/h6-8,10H,3-5,13H2,1-2H3. The molecule has 0 fully saturated rings. The van der Waals surface area contributed by atoms with Crippen LogP contribution in [-0.2, 0) is 0 Å². The van der Waals surface area contributed by atoms with Crippen molar-refractivity contribution in [3.05, 3.63) is 23.5 Å². The Morgan fingerprint density at radius 3 is 2.88 bits per heavy atom. The van der Waals surface area contributed by atoms with Gasteiger partial charge < -0.3 is 10.5 Å². The van der Waals surface area contributed by atoms with E-state index >= 15 is 0 Å². The van der Waals surface area contributed by atoms with Crippen LogP contribution >= 0.6 is 0 Å². The second kappa shape index (κ2) is 6.23. The highest BCUT2D eigenvalue weighted by Gasteiger charge is 2.13. The Bertz CT molecular complexity index is 353. The first-order valence-electron chi connectivity index (χ1n) is 5.48. The predicted octanol–water partition coefficient (Wildman–Crippen LogP) is 2.09. The van der Waals surface area contributed by atoms with Crippen LogP contribution in [-0.4, -0.2) is 18.4 Å². The number of ether oxygens (including phenoxy) is 1. The van der Waals surface area contributed by atoms with Crippen LogP contribution in [0.25, 0.3) is 0 Å². The van der Waals surface area contributed by atoms with Gasteiger partial charge in [0.2, 0.25) is 0 Å². The number of carbonyl (C=O) groups excluding carboxylic acids is 1. The Balaban J connectivity index is 2.93. The lowest BCUT2D eigenvalue weighted by molar-refractivity contribution is 0.111. The minimum absolute atomic E-state index is 0.171. The molecule has 1 aromatic rings. The molecule has 1 unspecified atom stereocenters. The first kappa shape index (κ1) is 12.6. The Hall–Kier alpha value is -1.42. The summed E-state index contributed by atoms with van der Waals surface area (Å²) < 4.78 is 5.19. The van der Waals surface area contributed by atoms with E-state index in [9.17, 15) is 4.79 Å². The van der Waals surface area contributed by atoms with Crippen molar-refractivity contribution in [2.75, 3.05) is 7.11 Å². The Kier molecular flexibility index (Phi) is 4.92. The van der Waals surface area contributed by atoms with E-state index in [2.05, 4.69) is 11.9 Å². The molecule has 1 rings (SSSR count). The van der Waals surface area contributed by atoms with Crippen LogP contribution in [0.3, 0.4) is 0 Å². The fourth-order valence-electron chi connectivity index (χ4n) is 1.54. The van der Waals surface area contributed by atoms with Crippen molar-refractivity contribution >= 4 is 6.29 Å². The van der Waals surface area contributed by atoms with Crippen molar-refractivity contribution in [3.63, 3.8) is 0 Å². The summed E-state index contributed by atoms with van der Waals surface area (Å²) in [5.74, 6) is 0.647. The Labute approximate surface area is 95.8 Å². The molecule has 0 aromatic carbocycles. The monoisotopic (exact) mass is 222 g/mol. The predicted molar refractivity (Wildman–Crippen MR) is 62.6 cm³/mol. The molecule has 1 aromatic heterocycles. The van der Waals surface area contributed by atoms with E-state index in [1.54, 1.807) is 19.2 Å². The summed E-state index contributed by atoms with van der Waals surface area (Å²) in [5, 5.41) is 0. The van der Waals surface area contributed by atoms with Crippen molar-refractivity contribution in [3.8, 4) is 5.75 Å². The number of nitrogens with two attached hydrogens (primary N) is 1. The van der Waals surface area contributed by atoms with Gasteiger partial charge in [0.05, 0.1) is 18.8 Å². The van der Waals surface area contributed by atoms with Crippen molar-refractivity contribution in [2.45, 2.75) is 32.2 Å². The lowest BCUT2D eigenvalue weighted by Gasteiger charge is -2.14. The maximum absolute atomic E-state index is 10.7. The largest absolute Gasteiger partial charge is 0.495 e. The molecule has 4 nitrogen and oxygen atoms in total. The zero-order valence-corrected chi connectivity index (χ0v) is 9.77. The van der Waals surface area contributed by atoms with Crippen molar-refractivity contribution in [1.29, 1.82) is 0 Å². The van der Waals surface area contributed by atoms with Crippen LogP contribution in [0, 0.1) is 0 Å². The number of hydrogen-bond acceptors (Lipinski definition) is 4. The summed E-state index contributed by atoms with van der Waals surface area (Å²) in [4.78, 5) is 14.8. The number of unbranched alkanes of at least 4 members (excludes halogenated alkanes) is 1. The number of carbonyl (C=O) groups is 1. The molecule has 1 atom stereocenters. The maximum atomic E-state index is 10.7. The maximum Gasteiger partial charge on any atom is 0.168 e. The van der Waals surface area contributed by atoms with Crippen LogP contribution < -0.4 is 10.5 Å². The van der Waals surface area contributed by atoms with E-state index in [1.807, 2.05) is 0 Å². The molecule has 0 radical (unpaired) electrons. The summed E-state index contributed by atoms with van der Waals surface area (Å²) in [6.45, 7) is 2.11. The normalized spacial score (nSPS) is 12.2. The molecule has 0 aliphatic heterocycles. The van der Waals surface area contributed by atoms with Gasteiger partial charge in [0.25, 0.3) is 0 Å². The van der Waals surface area contributed by atoms with E-state index in [0.29, 0.717) is 17.1 Å². The third-order valence-electron chi connectivity index (χ3n) is 2.47. The highest BCUT2D eigenvalue weighted by Crippen LogP contribution is 2.24. The molecule has 4 heteroatoms. The summed E-state index contributed by atoms with van der Waals surface area (Å²) in [7, 11) is 1.58. The molecular formula is C12H18N2O2. The molecule has 16 heavy (non-hydrogen) atoms. The smallest absolute Gasteiger partial charge is 0.168 e. The topological polar surface area (TPSA) is 65.2 Å². The lowest BCUT2D eigenvalue weighted by atomic mass is 10.1. The first-order chi connectivity index (χ1) is 7.72. The number of nitrogens with zero attached hydrogens (tertiary/aromatic N) is 1. The molecule has 2 N–H and O–H groups in total. The van der Waals surface area contributed by atoms with Gasteiger partial charge in [-0.15, -0.1) is 0 Å². The second-order valence-electron chi connectivity index (χ2n) is 3.69. The molecule has 88 valence electrons. The fourth-order valence-corrected chi connectivity index (χ4v) is 1.54. The molecule has 0 aliphatic carbocycles. The summed E-state index contributed by atoms with van der Waals surface area (Å²) >= 11 is 0. The minimum atomic E-state index is -0.171. The van der Waals surface area contributed by atoms with Crippen LogP contribution in [0.15, 0.2) is 12.1 Å².